The van der Waals surface area contributed by atoms with Crippen LogP contribution in [0.5, 0.6) is 0 Å². The second-order valence-electron chi connectivity index (χ2n) is 5.87. The largest absolute Gasteiger partial charge is 0.336 e. The van der Waals surface area contributed by atoms with Crippen molar-refractivity contribution in [2.24, 2.45) is 0 Å². The van der Waals surface area contributed by atoms with Crippen LogP contribution in [0.15, 0.2) is 36.7 Å². The average molecular weight is 283 g/mol. The third kappa shape index (κ3) is 2.84. The van der Waals surface area contributed by atoms with Crippen molar-refractivity contribution in [1.82, 2.24) is 14.5 Å². The van der Waals surface area contributed by atoms with E-state index in [-0.39, 0.29) is 5.91 Å². The van der Waals surface area contributed by atoms with Crippen LogP contribution in [0, 0.1) is 0 Å². The normalized spacial score (nSPS) is 14.3. The molecule has 0 aliphatic carbocycles. The molecule has 110 valence electrons. The summed E-state index contributed by atoms with van der Waals surface area (Å²) in [5, 5.41) is 0. The van der Waals surface area contributed by atoms with E-state index in [1.54, 1.807) is 0 Å². The van der Waals surface area contributed by atoms with Gasteiger partial charge in [-0.15, -0.1) is 0 Å². The lowest BCUT2D eigenvalue weighted by molar-refractivity contribution is -0.131. The van der Waals surface area contributed by atoms with Crippen molar-refractivity contribution >= 4 is 5.91 Å². The molecule has 0 bridgehead atoms. The van der Waals surface area contributed by atoms with Gasteiger partial charge >= 0.3 is 0 Å². The van der Waals surface area contributed by atoms with Crippen LogP contribution in [-0.4, -0.2) is 26.9 Å². The molecule has 0 fully saturated rings. The van der Waals surface area contributed by atoms with Gasteiger partial charge in [0.15, 0.2) is 0 Å². The van der Waals surface area contributed by atoms with Crippen LogP contribution in [0.25, 0.3) is 0 Å². The van der Waals surface area contributed by atoms with Gasteiger partial charge in [0.1, 0.15) is 0 Å². The number of carbonyl (C=O) groups excluding carboxylic acids is 1. The van der Waals surface area contributed by atoms with Gasteiger partial charge in [0.25, 0.3) is 0 Å². The third-order valence-electron chi connectivity index (χ3n) is 4.05. The highest BCUT2D eigenvalue weighted by molar-refractivity contribution is 5.79. The molecule has 1 aromatic carbocycles. The van der Waals surface area contributed by atoms with Gasteiger partial charge in [-0.2, -0.15) is 0 Å². The molecule has 0 N–H and O–H groups in total. The van der Waals surface area contributed by atoms with E-state index in [0.717, 1.165) is 24.2 Å². The Morgan fingerprint density at radius 1 is 1.29 bits per heavy atom. The van der Waals surface area contributed by atoms with Crippen molar-refractivity contribution in [1.29, 1.82) is 0 Å². The SMILES string of the molecule is CC(C)n1cnc2c1CN(C(=O)Cc1ccccc1)CC2. The minimum Gasteiger partial charge on any atom is -0.336 e. The Morgan fingerprint density at radius 3 is 2.76 bits per heavy atom. The Morgan fingerprint density at radius 2 is 2.05 bits per heavy atom. The molecular weight excluding hydrogens is 262 g/mol. The third-order valence-corrected chi connectivity index (χ3v) is 4.05. The summed E-state index contributed by atoms with van der Waals surface area (Å²) >= 11 is 0. The molecule has 0 saturated heterocycles. The van der Waals surface area contributed by atoms with Crippen LogP contribution in [0.2, 0.25) is 0 Å². The minimum absolute atomic E-state index is 0.198. The summed E-state index contributed by atoms with van der Waals surface area (Å²) in [7, 11) is 0. The number of fused-ring (bicyclic) bond motifs is 1. The zero-order valence-corrected chi connectivity index (χ0v) is 12.6. The van der Waals surface area contributed by atoms with Crippen molar-refractivity contribution in [2.75, 3.05) is 6.54 Å². The molecule has 3 rings (SSSR count). The number of hydrogen-bond donors (Lipinski definition) is 0. The van der Waals surface area contributed by atoms with Crippen LogP contribution in [0.4, 0.5) is 0 Å². The summed E-state index contributed by atoms with van der Waals surface area (Å²) in [6.07, 6.45) is 3.24. The average Bonchev–Trinajstić information content (AvgIpc) is 2.91. The Balaban J connectivity index is 1.73. The van der Waals surface area contributed by atoms with Crippen molar-refractivity contribution in [3.63, 3.8) is 0 Å². The van der Waals surface area contributed by atoms with E-state index < -0.39 is 0 Å². The van der Waals surface area contributed by atoms with E-state index in [1.807, 2.05) is 41.6 Å². The highest BCUT2D eigenvalue weighted by atomic mass is 16.2. The fraction of sp³-hybridized carbons (Fsp3) is 0.412. The molecule has 0 saturated carbocycles. The predicted molar refractivity (Wildman–Crippen MR) is 81.9 cm³/mol. The first-order chi connectivity index (χ1) is 10.1. The highest BCUT2D eigenvalue weighted by Gasteiger charge is 2.24. The number of imidazole rings is 1. The Bertz CT molecular complexity index is 631. The molecule has 0 radical (unpaired) electrons. The van der Waals surface area contributed by atoms with E-state index in [2.05, 4.69) is 23.4 Å². The first kappa shape index (κ1) is 13.9. The number of benzene rings is 1. The molecule has 21 heavy (non-hydrogen) atoms. The highest BCUT2D eigenvalue weighted by Crippen LogP contribution is 2.21. The first-order valence-electron chi connectivity index (χ1n) is 7.51. The maximum absolute atomic E-state index is 12.5. The smallest absolute Gasteiger partial charge is 0.227 e. The number of aromatic nitrogens is 2. The standard InChI is InChI=1S/C17H21N3O/c1-13(2)20-12-18-15-8-9-19(11-16(15)20)17(21)10-14-6-4-3-5-7-14/h3-7,12-13H,8-11H2,1-2H3. The fourth-order valence-corrected chi connectivity index (χ4v) is 2.85. The molecule has 4 nitrogen and oxygen atoms in total. The van der Waals surface area contributed by atoms with Crippen molar-refractivity contribution in [2.45, 2.75) is 39.3 Å². The minimum atomic E-state index is 0.198. The van der Waals surface area contributed by atoms with Gasteiger partial charge in [0, 0.05) is 19.0 Å². The van der Waals surface area contributed by atoms with Gasteiger partial charge < -0.3 is 9.47 Å². The molecule has 4 heteroatoms. The quantitative estimate of drug-likeness (QED) is 0.868. The van der Waals surface area contributed by atoms with Crippen LogP contribution >= 0.6 is 0 Å². The van der Waals surface area contributed by atoms with Crippen LogP contribution in [0.3, 0.4) is 0 Å². The number of rotatable bonds is 3. The molecule has 2 heterocycles. The van der Waals surface area contributed by atoms with Gasteiger partial charge in [0.05, 0.1) is 30.7 Å². The number of nitrogens with zero attached hydrogens (tertiary/aromatic N) is 3. The summed E-state index contributed by atoms with van der Waals surface area (Å²) in [5.74, 6) is 0.198. The molecule has 1 aliphatic rings. The molecule has 0 unspecified atom stereocenters. The molecular formula is C17H21N3O. The lowest BCUT2D eigenvalue weighted by Crippen LogP contribution is -2.37. The zero-order chi connectivity index (χ0) is 14.8. The fourth-order valence-electron chi connectivity index (χ4n) is 2.85. The van der Waals surface area contributed by atoms with E-state index in [4.69, 9.17) is 0 Å². The van der Waals surface area contributed by atoms with E-state index in [9.17, 15) is 4.79 Å². The van der Waals surface area contributed by atoms with Crippen molar-refractivity contribution < 1.29 is 4.79 Å². The second-order valence-corrected chi connectivity index (χ2v) is 5.87. The van der Waals surface area contributed by atoms with Gasteiger partial charge in [-0.1, -0.05) is 30.3 Å². The summed E-state index contributed by atoms with van der Waals surface area (Å²) in [6, 6.07) is 10.3. The Labute approximate surface area is 125 Å². The molecule has 1 amide bonds. The van der Waals surface area contributed by atoms with E-state index >= 15 is 0 Å². The number of hydrogen-bond acceptors (Lipinski definition) is 2. The Hall–Kier alpha value is -2.10. The number of amides is 1. The second kappa shape index (κ2) is 5.72. The maximum Gasteiger partial charge on any atom is 0.227 e. The van der Waals surface area contributed by atoms with Crippen LogP contribution in [0.1, 0.15) is 36.8 Å². The summed E-state index contributed by atoms with van der Waals surface area (Å²) < 4.78 is 2.18. The lowest BCUT2D eigenvalue weighted by atomic mass is 10.1. The molecule has 0 atom stereocenters. The van der Waals surface area contributed by atoms with Gasteiger partial charge in [-0.05, 0) is 19.4 Å². The first-order valence-corrected chi connectivity index (χ1v) is 7.51. The molecule has 2 aromatic rings. The van der Waals surface area contributed by atoms with Crippen molar-refractivity contribution in [3.8, 4) is 0 Å². The molecule has 1 aromatic heterocycles. The monoisotopic (exact) mass is 283 g/mol. The lowest BCUT2D eigenvalue weighted by Gasteiger charge is -2.28. The van der Waals surface area contributed by atoms with E-state index in [0.29, 0.717) is 19.0 Å². The van der Waals surface area contributed by atoms with Gasteiger partial charge in [-0.3, -0.25) is 4.79 Å². The topological polar surface area (TPSA) is 38.1 Å². The summed E-state index contributed by atoms with van der Waals surface area (Å²) in [4.78, 5) is 18.9. The maximum atomic E-state index is 12.5. The molecule has 1 aliphatic heterocycles. The van der Waals surface area contributed by atoms with Crippen LogP contribution in [-0.2, 0) is 24.2 Å². The Kier molecular flexibility index (Phi) is 3.78. The summed E-state index contributed by atoms with van der Waals surface area (Å²) in [5.41, 5.74) is 3.41. The summed E-state index contributed by atoms with van der Waals surface area (Å²) in [6.45, 7) is 5.74. The number of carbonyl (C=O) groups is 1. The van der Waals surface area contributed by atoms with Crippen LogP contribution < -0.4 is 0 Å². The van der Waals surface area contributed by atoms with Gasteiger partial charge in [0.2, 0.25) is 5.91 Å². The zero-order valence-electron chi connectivity index (χ0n) is 12.6. The molecule has 0 spiro atoms. The predicted octanol–water partition coefficient (Wildman–Crippen LogP) is 2.59. The van der Waals surface area contributed by atoms with Gasteiger partial charge in [-0.25, -0.2) is 4.98 Å². The van der Waals surface area contributed by atoms with Crippen molar-refractivity contribution in [3.05, 3.63) is 53.6 Å². The van der Waals surface area contributed by atoms with E-state index in [1.165, 1.54) is 5.69 Å².